The number of hydrogen-bond acceptors (Lipinski definition) is 4. The zero-order chi connectivity index (χ0) is 18.4. The fourth-order valence-electron chi connectivity index (χ4n) is 2.05. The number of sulfonamides is 1. The smallest absolute Gasteiger partial charge is 0.255 e. The molecule has 0 bridgehead atoms. The summed E-state index contributed by atoms with van der Waals surface area (Å²) in [5, 5.41) is 11.1. The van der Waals surface area contributed by atoms with Gasteiger partial charge in [0.05, 0.1) is 11.0 Å². The Morgan fingerprint density at radius 3 is 2.68 bits per heavy atom. The minimum Gasteiger partial charge on any atom is -0.322 e. The SMILES string of the molecule is Cc1cc(NC(=O)c2cccc(S(=O)(=O)NCCC#N)c2)ccc1F. The molecule has 0 unspecified atom stereocenters. The van der Waals surface area contributed by atoms with Crippen LogP contribution in [0.1, 0.15) is 22.3 Å². The maximum Gasteiger partial charge on any atom is 0.255 e. The van der Waals surface area contributed by atoms with Crippen molar-refractivity contribution in [2.45, 2.75) is 18.2 Å². The topological polar surface area (TPSA) is 99.1 Å². The molecular formula is C17H16FN3O3S. The maximum atomic E-state index is 13.3. The summed E-state index contributed by atoms with van der Waals surface area (Å²) < 4.78 is 39.8. The summed E-state index contributed by atoms with van der Waals surface area (Å²) in [4.78, 5) is 12.2. The molecule has 0 atom stereocenters. The van der Waals surface area contributed by atoms with E-state index in [-0.39, 0.29) is 29.2 Å². The number of carbonyl (C=O) groups excluding carboxylic acids is 1. The quantitative estimate of drug-likeness (QED) is 0.773. The predicted molar refractivity (Wildman–Crippen MR) is 91.0 cm³/mol. The standard InChI is InChI=1S/C17H16FN3O3S/c1-12-10-14(6-7-16(12)18)21-17(22)13-4-2-5-15(11-13)25(23,24)20-9-3-8-19/h2,4-7,10-11,20H,3,9H2,1H3,(H,21,22). The van der Waals surface area contributed by atoms with Crippen molar-refractivity contribution in [1.82, 2.24) is 4.72 Å². The van der Waals surface area contributed by atoms with Crippen LogP contribution in [0.4, 0.5) is 10.1 Å². The summed E-state index contributed by atoms with van der Waals surface area (Å²) in [5.74, 6) is -0.894. The number of aryl methyl sites for hydroxylation is 1. The van der Waals surface area contributed by atoms with Crippen molar-refractivity contribution in [2.24, 2.45) is 0 Å². The highest BCUT2D eigenvalue weighted by Crippen LogP contribution is 2.16. The van der Waals surface area contributed by atoms with Gasteiger partial charge in [0.1, 0.15) is 5.82 Å². The number of benzene rings is 2. The first-order chi connectivity index (χ1) is 11.8. The van der Waals surface area contributed by atoms with Crippen molar-refractivity contribution >= 4 is 21.6 Å². The van der Waals surface area contributed by atoms with Gasteiger partial charge in [-0.1, -0.05) is 6.07 Å². The van der Waals surface area contributed by atoms with E-state index < -0.39 is 15.9 Å². The van der Waals surface area contributed by atoms with Crippen molar-refractivity contribution in [1.29, 1.82) is 5.26 Å². The molecule has 8 heteroatoms. The van der Waals surface area contributed by atoms with Crippen molar-refractivity contribution in [3.63, 3.8) is 0 Å². The van der Waals surface area contributed by atoms with Crippen LogP contribution < -0.4 is 10.0 Å². The number of nitrogens with one attached hydrogen (secondary N) is 2. The average molecular weight is 361 g/mol. The Labute approximate surface area is 145 Å². The van der Waals surface area contributed by atoms with Gasteiger partial charge in [-0.15, -0.1) is 0 Å². The lowest BCUT2D eigenvalue weighted by Crippen LogP contribution is -2.25. The molecular weight excluding hydrogens is 345 g/mol. The zero-order valence-electron chi connectivity index (χ0n) is 13.4. The van der Waals surface area contributed by atoms with Crippen LogP contribution in [0.5, 0.6) is 0 Å². The molecule has 6 nitrogen and oxygen atoms in total. The van der Waals surface area contributed by atoms with Crippen LogP contribution in [-0.2, 0) is 10.0 Å². The molecule has 2 N–H and O–H groups in total. The molecule has 2 aromatic carbocycles. The summed E-state index contributed by atoms with van der Waals surface area (Å²) in [6.45, 7) is 1.56. The van der Waals surface area contributed by atoms with Gasteiger partial charge in [0.2, 0.25) is 10.0 Å². The lowest BCUT2D eigenvalue weighted by Gasteiger charge is -2.09. The van der Waals surface area contributed by atoms with Crippen LogP contribution in [0.2, 0.25) is 0 Å². The average Bonchev–Trinajstić information content (AvgIpc) is 2.58. The number of halogens is 1. The van der Waals surface area contributed by atoms with Crippen molar-refractivity contribution in [3.8, 4) is 6.07 Å². The van der Waals surface area contributed by atoms with E-state index in [4.69, 9.17) is 5.26 Å². The number of amides is 1. The molecule has 0 heterocycles. The van der Waals surface area contributed by atoms with Crippen molar-refractivity contribution in [3.05, 3.63) is 59.4 Å². The van der Waals surface area contributed by atoms with Gasteiger partial charge in [-0.25, -0.2) is 17.5 Å². The molecule has 0 fully saturated rings. The summed E-state index contributed by atoms with van der Waals surface area (Å²) in [5.41, 5.74) is 0.935. The molecule has 0 radical (unpaired) electrons. The normalized spacial score (nSPS) is 10.9. The second kappa shape index (κ2) is 7.88. The van der Waals surface area contributed by atoms with Crippen LogP contribution in [0.25, 0.3) is 0 Å². The Morgan fingerprint density at radius 1 is 1.24 bits per heavy atom. The van der Waals surface area contributed by atoms with Crippen LogP contribution in [-0.4, -0.2) is 20.9 Å². The molecule has 1 amide bonds. The number of anilines is 1. The number of nitrogens with zero attached hydrogens (tertiary/aromatic N) is 1. The summed E-state index contributed by atoms with van der Waals surface area (Å²) in [6, 6.07) is 11.5. The van der Waals surface area contributed by atoms with E-state index in [1.54, 1.807) is 6.92 Å². The Bertz CT molecular complexity index is 936. The van der Waals surface area contributed by atoms with Crippen LogP contribution in [0.15, 0.2) is 47.4 Å². The second-order valence-electron chi connectivity index (χ2n) is 5.25. The minimum absolute atomic E-state index is 0.00981. The van der Waals surface area contributed by atoms with E-state index in [1.807, 2.05) is 6.07 Å². The first-order valence-corrected chi connectivity index (χ1v) is 8.86. The van der Waals surface area contributed by atoms with E-state index in [2.05, 4.69) is 10.0 Å². The van der Waals surface area contributed by atoms with E-state index in [0.29, 0.717) is 11.3 Å². The highest BCUT2D eigenvalue weighted by atomic mass is 32.2. The molecule has 2 aromatic rings. The van der Waals surface area contributed by atoms with Gasteiger partial charge in [0, 0.05) is 24.2 Å². The van der Waals surface area contributed by atoms with E-state index in [0.717, 1.165) is 0 Å². The Kier molecular flexibility index (Phi) is 5.85. The fraction of sp³-hybridized carbons (Fsp3) is 0.176. The Hall–Kier alpha value is -2.76. The molecule has 0 aromatic heterocycles. The molecule has 25 heavy (non-hydrogen) atoms. The third-order valence-corrected chi connectivity index (χ3v) is 4.81. The number of carbonyl (C=O) groups is 1. The van der Waals surface area contributed by atoms with Gasteiger partial charge in [0.25, 0.3) is 5.91 Å². The van der Waals surface area contributed by atoms with Gasteiger partial charge in [-0.05, 0) is 48.9 Å². The number of hydrogen-bond donors (Lipinski definition) is 2. The third-order valence-electron chi connectivity index (χ3n) is 3.35. The van der Waals surface area contributed by atoms with E-state index in [1.165, 1.54) is 42.5 Å². The maximum absolute atomic E-state index is 13.3. The first kappa shape index (κ1) is 18.6. The molecule has 0 aliphatic heterocycles. The molecule has 130 valence electrons. The Morgan fingerprint density at radius 2 is 2.00 bits per heavy atom. The highest BCUT2D eigenvalue weighted by Gasteiger charge is 2.16. The van der Waals surface area contributed by atoms with E-state index >= 15 is 0 Å². The van der Waals surface area contributed by atoms with Gasteiger partial charge in [-0.2, -0.15) is 5.26 Å². The van der Waals surface area contributed by atoms with Crippen LogP contribution >= 0.6 is 0 Å². The van der Waals surface area contributed by atoms with Gasteiger partial charge < -0.3 is 5.32 Å². The van der Waals surface area contributed by atoms with Crippen molar-refractivity contribution in [2.75, 3.05) is 11.9 Å². The number of rotatable bonds is 6. The molecule has 0 aliphatic carbocycles. The molecule has 0 spiro atoms. The highest BCUT2D eigenvalue weighted by molar-refractivity contribution is 7.89. The largest absolute Gasteiger partial charge is 0.322 e. The lowest BCUT2D eigenvalue weighted by molar-refractivity contribution is 0.102. The fourth-order valence-corrected chi connectivity index (χ4v) is 3.13. The Balaban J connectivity index is 2.18. The second-order valence-corrected chi connectivity index (χ2v) is 7.02. The zero-order valence-corrected chi connectivity index (χ0v) is 14.2. The minimum atomic E-state index is -3.80. The molecule has 0 saturated carbocycles. The van der Waals surface area contributed by atoms with E-state index in [9.17, 15) is 17.6 Å². The monoisotopic (exact) mass is 361 g/mol. The van der Waals surface area contributed by atoms with Crippen molar-refractivity contribution < 1.29 is 17.6 Å². The van der Waals surface area contributed by atoms with Crippen LogP contribution in [0.3, 0.4) is 0 Å². The molecule has 0 saturated heterocycles. The summed E-state index contributed by atoms with van der Waals surface area (Å²) in [6.07, 6.45) is 0.0450. The summed E-state index contributed by atoms with van der Waals surface area (Å²) in [7, 11) is -3.80. The first-order valence-electron chi connectivity index (χ1n) is 7.37. The molecule has 2 rings (SSSR count). The summed E-state index contributed by atoms with van der Waals surface area (Å²) >= 11 is 0. The van der Waals surface area contributed by atoms with Gasteiger partial charge in [0.15, 0.2) is 0 Å². The van der Waals surface area contributed by atoms with Gasteiger partial charge >= 0.3 is 0 Å². The lowest BCUT2D eigenvalue weighted by atomic mass is 10.2. The predicted octanol–water partition coefficient (Wildman–Crippen LogP) is 2.58. The van der Waals surface area contributed by atoms with Gasteiger partial charge in [-0.3, -0.25) is 4.79 Å². The molecule has 0 aliphatic rings. The van der Waals surface area contributed by atoms with Crippen LogP contribution in [0, 0.1) is 24.1 Å². The number of nitriles is 1. The third kappa shape index (κ3) is 4.86.